The van der Waals surface area contributed by atoms with E-state index in [2.05, 4.69) is 12.8 Å². The van der Waals surface area contributed by atoms with Gasteiger partial charge in [0.2, 0.25) is 0 Å². The topological polar surface area (TPSA) is 9.23 Å². The molecule has 8 heavy (non-hydrogen) atoms. The normalized spacial score (nSPS) is 9.12. The first-order chi connectivity index (χ1) is 3.91. The molecule has 0 unspecified atom stereocenters. The molecule has 0 aromatic heterocycles. The van der Waals surface area contributed by atoms with Crippen LogP contribution in [0.3, 0.4) is 0 Å². The van der Waals surface area contributed by atoms with Gasteiger partial charge in [0.25, 0.3) is 0 Å². The third-order valence-corrected chi connectivity index (χ3v) is 1.24. The van der Waals surface area contributed by atoms with Crippen molar-refractivity contribution in [2.24, 2.45) is 0 Å². The summed E-state index contributed by atoms with van der Waals surface area (Å²) in [6.45, 7) is 5.05. The van der Waals surface area contributed by atoms with Crippen LogP contribution in [0.25, 0.3) is 0 Å². The number of hydrogen-bond donors (Lipinski definition) is 0. The average Bonchev–Trinajstić information content (AvgIpc) is 1.81. The molecule has 0 bridgehead atoms. The van der Waals surface area contributed by atoms with E-state index >= 15 is 0 Å². The first-order valence-corrected chi connectivity index (χ1v) is 3.98. The molecular weight excluding hydrogens is 120 g/mol. The molecular formula is C6H12OS. The standard InChI is InChI=1S/C6H12OS/c1-3-4-7-5-6-8-2/h3H,1,4-6H2,2H3. The molecule has 48 valence electrons. The van der Waals surface area contributed by atoms with E-state index in [4.69, 9.17) is 4.74 Å². The average molecular weight is 132 g/mol. The maximum atomic E-state index is 5.08. The molecule has 0 aromatic carbocycles. The van der Waals surface area contributed by atoms with Crippen molar-refractivity contribution in [1.29, 1.82) is 0 Å². The molecule has 0 aliphatic carbocycles. The predicted octanol–water partition coefficient (Wildman–Crippen LogP) is 1.55. The minimum atomic E-state index is 0.681. The molecule has 0 aromatic rings. The molecule has 0 heterocycles. The van der Waals surface area contributed by atoms with Crippen molar-refractivity contribution < 1.29 is 4.74 Å². The number of rotatable bonds is 5. The van der Waals surface area contributed by atoms with Crippen molar-refractivity contribution in [2.45, 2.75) is 0 Å². The van der Waals surface area contributed by atoms with Gasteiger partial charge in [0.1, 0.15) is 0 Å². The van der Waals surface area contributed by atoms with E-state index in [1.165, 1.54) is 0 Å². The zero-order chi connectivity index (χ0) is 6.24. The van der Waals surface area contributed by atoms with E-state index in [1.807, 2.05) is 0 Å². The van der Waals surface area contributed by atoms with Crippen LogP contribution in [-0.2, 0) is 4.74 Å². The highest BCUT2D eigenvalue weighted by molar-refractivity contribution is 7.98. The van der Waals surface area contributed by atoms with Crippen molar-refractivity contribution >= 4 is 11.8 Å². The van der Waals surface area contributed by atoms with E-state index in [0.717, 1.165) is 12.4 Å². The Morgan fingerprint density at radius 3 is 3.00 bits per heavy atom. The summed E-state index contributed by atoms with van der Waals surface area (Å²) in [6, 6.07) is 0. The largest absolute Gasteiger partial charge is 0.377 e. The molecule has 0 amide bonds. The summed E-state index contributed by atoms with van der Waals surface area (Å²) in [5, 5.41) is 0. The van der Waals surface area contributed by atoms with E-state index in [9.17, 15) is 0 Å². The third kappa shape index (κ3) is 6.05. The lowest BCUT2D eigenvalue weighted by atomic mass is 10.7. The smallest absolute Gasteiger partial charge is 0.0645 e. The van der Waals surface area contributed by atoms with Gasteiger partial charge in [0, 0.05) is 5.75 Å². The second-order valence-corrected chi connectivity index (χ2v) is 2.34. The Hall–Kier alpha value is 0.0500. The van der Waals surface area contributed by atoms with Crippen LogP contribution in [0.1, 0.15) is 0 Å². The molecule has 0 N–H and O–H groups in total. The molecule has 0 aliphatic rings. The van der Waals surface area contributed by atoms with Gasteiger partial charge in [-0.2, -0.15) is 11.8 Å². The maximum Gasteiger partial charge on any atom is 0.0645 e. The van der Waals surface area contributed by atoms with Gasteiger partial charge in [-0.25, -0.2) is 0 Å². The summed E-state index contributed by atoms with van der Waals surface area (Å²) in [5.41, 5.74) is 0. The lowest BCUT2D eigenvalue weighted by molar-refractivity contribution is 0.180. The van der Waals surface area contributed by atoms with Crippen LogP contribution in [0, 0.1) is 0 Å². The molecule has 0 fully saturated rings. The monoisotopic (exact) mass is 132 g/mol. The van der Waals surface area contributed by atoms with Gasteiger partial charge < -0.3 is 4.74 Å². The first-order valence-electron chi connectivity index (χ1n) is 2.59. The molecule has 0 saturated carbocycles. The fourth-order valence-corrected chi connectivity index (χ4v) is 0.593. The number of hydrogen-bond acceptors (Lipinski definition) is 2. The summed E-state index contributed by atoms with van der Waals surface area (Å²) in [7, 11) is 0. The first kappa shape index (κ1) is 8.05. The minimum Gasteiger partial charge on any atom is -0.377 e. The highest BCUT2D eigenvalue weighted by atomic mass is 32.2. The van der Waals surface area contributed by atoms with Crippen LogP contribution in [0.4, 0.5) is 0 Å². The van der Waals surface area contributed by atoms with Crippen LogP contribution < -0.4 is 0 Å². The van der Waals surface area contributed by atoms with E-state index in [0.29, 0.717) is 6.61 Å². The lowest BCUT2D eigenvalue weighted by Crippen LogP contribution is -1.95. The molecule has 2 heteroatoms. The quantitative estimate of drug-likeness (QED) is 0.414. The zero-order valence-electron chi connectivity index (χ0n) is 5.22. The van der Waals surface area contributed by atoms with Crippen LogP contribution in [0.2, 0.25) is 0 Å². The van der Waals surface area contributed by atoms with Crippen LogP contribution in [-0.4, -0.2) is 25.2 Å². The van der Waals surface area contributed by atoms with E-state index in [1.54, 1.807) is 17.8 Å². The van der Waals surface area contributed by atoms with E-state index in [-0.39, 0.29) is 0 Å². The minimum absolute atomic E-state index is 0.681. The Morgan fingerprint density at radius 2 is 2.50 bits per heavy atom. The van der Waals surface area contributed by atoms with Gasteiger partial charge in [0.15, 0.2) is 0 Å². The molecule has 0 radical (unpaired) electrons. The summed E-state index contributed by atoms with van der Waals surface area (Å²) in [5.74, 6) is 1.08. The fourth-order valence-electron chi connectivity index (χ4n) is 0.309. The van der Waals surface area contributed by atoms with Gasteiger partial charge in [-0.1, -0.05) is 6.08 Å². The number of thioether (sulfide) groups is 1. The SMILES string of the molecule is C=CCOCCSC. The van der Waals surface area contributed by atoms with Crippen molar-refractivity contribution in [2.75, 3.05) is 25.2 Å². The Bertz CT molecular complexity index is 54.5. The predicted molar refractivity (Wildman–Crippen MR) is 39.4 cm³/mol. The van der Waals surface area contributed by atoms with Gasteiger partial charge in [0.05, 0.1) is 13.2 Å². The molecule has 0 rings (SSSR count). The van der Waals surface area contributed by atoms with Crippen LogP contribution in [0.5, 0.6) is 0 Å². The highest BCUT2D eigenvalue weighted by Gasteiger charge is 1.80. The lowest BCUT2D eigenvalue weighted by Gasteiger charge is -1.95. The second kappa shape index (κ2) is 7.05. The number of ether oxygens (including phenoxy) is 1. The van der Waals surface area contributed by atoms with Crippen LogP contribution in [0.15, 0.2) is 12.7 Å². The Kier molecular flexibility index (Phi) is 7.09. The third-order valence-electron chi connectivity index (χ3n) is 0.667. The summed E-state index contributed by atoms with van der Waals surface area (Å²) >= 11 is 1.79. The summed E-state index contributed by atoms with van der Waals surface area (Å²) in [6.07, 6.45) is 3.83. The zero-order valence-corrected chi connectivity index (χ0v) is 6.04. The summed E-state index contributed by atoms with van der Waals surface area (Å²) in [4.78, 5) is 0. The van der Waals surface area contributed by atoms with E-state index < -0.39 is 0 Å². The molecule has 0 saturated heterocycles. The van der Waals surface area contributed by atoms with Gasteiger partial charge in [-0.15, -0.1) is 6.58 Å². The fraction of sp³-hybridized carbons (Fsp3) is 0.667. The summed E-state index contributed by atoms with van der Waals surface area (Å²) < 4.78 is 5.08. The van der Waals surface area contributed by atoms with Gasteiger partial charge >= 0.3 is 0 Å². The van der Waals surface area contributed by atoms with Gasteiger partial charge in [-0.05, 0) is 6.26 Å². The Balaban J connectivity index is 2.62. The molecule has 0 spiro atoms. The van der Waals surface area contributed by atoms with Crippen LogP contribution >= 0.6 is 11.8 Å². The van der Waals surface area contributed by atoms with Gasteiger partial charge in [-0.3, -0.25) is 0 Å². The second-order valence-electron chi connectivity index (χ2n) is 1.36. The molecule has 0 atom stereocenters. The van der Waals surface area contributed by atoms with Crippen molar-refractivity contribution in [3.05, 3.63) is 12.7 Å². The Labute approximate surface area is 55.1 Å². The maximum absolute atomic E-state index is 5.08. The molecule has 1 nitrogen and oxygen atoms in total. The van der Waals surface area contributed by atoms with Crippen molar-refractivity contribution in [1.82, 2.24) is 0 Å². The highest BCUT2D eigenvalue weighted by Crippen LogP contribution is 1.89. The van der Waals surface area contributed by atoms with Crippen molar-refractivity contribution in [3.63, 3.8) is 0 Å². The Morgan fingerprint density at radius 1 is 1.75 bits per heavy atom. The molecule has 0 aliphatic heterocycles. The van der Waals surface area contributed by atoms with Crippen molar-refractivity contribution in [3.8, 4) is 0 Å².